The highest BCUT2D eigenvalue weighted by Crippen LogP contribution is 2.07. The van der Waals surface area contributed by atoms with Crippen LogP contribution in [-0.4, -0.2) is 25.5 Å². The second kappa shape index (κ2) is 6.25. The van der Waals surface area contributed by atoms with Crippen molar-refractivity contribution < 1.29 is 9.50 Å². The van der Waals surface area contributed by atoms with Crippen molar-refractivity contribution in [1.29, 1.82) is 0 Å². The van der Waals surface area contributed by atoms with Crippen LogP contribution in [0.4, 0.5) is 4.39 Å². The minimum Gasteiger partial charge on any atom is -0.375 e. The van der Waals surface area contributed by atoms with Crippen molar-refractivity contribution in [3.63, 3.8) is 0 Å². The summed E-state index contributed by atoms with van der Waals surface area (Å²) in [7, 11) is -2.32. The van der Waals surface area contributed by atoms with E-state index in [1.807, 2.05) is 36.4 Å². The molecule has 108 valence electrons. The average molecular weight is 298 g/mol. The van der Waals surface area contributed by atoms with Gasteiger partial charge < -0.3 is 5.11 Å². The third-order valence-electron chi connectivity index (χ3n) is 3.54. The van der Waals surface area contributed by atoms with Crippen LogP contribution in [0.2, 0.25) is 6.55 Å². The second-order valence-corrected chi connectivity index (χ2v) is 9.17. The van der Waals surface area contributed by atoms with Gasteiger partial charge in [-0.3, -0.25) is 0 Å². The molecule has 0 spiro atoms. The monoisotopic (exact) mass is 298 g/mol. The maximum atomic E-state index is 12.8. The van der Waals surface area contributed by atoms with E-state index < -0.39 is 20.3 Å². The lowest BCUT2D eigenvalue weighted by atomic mass is 10.1. The predicted octanol–water partition coefficient (Wildman–Crippen LogP) is 2.14. The molecule has 0 amide bonds. The molecule has 0 aliphatic rings. The molecule has 21 heavy (non-hydrogen) atoms. The number of alkyl halides is 1. The molecule has 2 aromatic rings. The third kappa shape index (κ3) is 3.60. The first-order valence-electron chi connectivity index (χ1n) is 6.92. The first-order valence-corrected chi connectivity index (χ1v) is 9.42. The van der Waals surface area contributed by atoms with Crippen LogP contribution in [0.1, 0.15) is 6.92 Å². The van der Waals surface area contributed by atoms with Gasteiger partial charge in [-0.1, -0.05) is 73.1 Å². The van der Waals surface area contributed by atoms with Gasteiger partial charge in [0, 0.05) is 0 Å². The van der Waals surface area contributed by atoms with Gasteiger partial charge in [0.15, 0.2) is 8.07 Å². The maximum Gasteiger partial charge on any atom is 0.196 e. The number of hydrogen-bond acceptors (Lipinski definition) is 1. The van der Waals surface area contributed by atoms with Crippen molar-refractivity contribution in [1.82, 2.24) is 0 Å². The van der Waals surface area contributed by atoms with Crippen molar-refractivity contribution in [3.05, 3.63) is 60.7 Å². The summed E-state index contributed by atoms with van der Waals surface area (Å²) in [5.74, 6) is 2.74. The Kier molecular flexibility index (Phi) is 4.61. The van der Waals surface area contributed by atoms with Gasteiger partial charge in [-0.05, 0) is 17.3 Å². The molecule has 0 bridgehead atoms. The smallest absolute Gasteiger partial charge is 0.196 e. The lowest BCUT2D eigenvalue weighted by Crippen LogP contribution is -2.55. The van der Waals surface area contributed by atoms with E-state index in [2.05, 4.69) is 42.3 Å². The maximum absolute atomic E-state index is 12.8. The van der Waals surface area contributed by atoms with E-state index in [1.165, 1.54) is 6.92 Å². The number of hydrogen-bond donors (Lipinski definition) is 1. The Morgan fingerprint density at radius 2 is 1.43 bits per heavy atom. The average Bonchev–Trinajstić information content (AvgIpc) is 2.54. The summed E-state index contributed by atoms with van der Waals surface area (Å²) >= 11 is 0. The lowest BCUT2D eigenvalue weighted by molar-refractivity contribution is 0.0906. The minimum atomic E-state index is -2.32. The van der Waals surface area contributed by atoms with Crippen molar-refractivity contribution in [3.8, 4) is 11.5 Å². The van der Waals surface area contributed by atoms with Crippen molar-refractivity contribution in [2.45, 2.75) is 19.1 Å². The molecule has 1 unspecified atom stereocenters. The normalized spacial score (nSPS) is 13.9. The molecule has 0 saturated carbocycles. The summed E-state index contributed by atoms with van der Waals surface area (Å²) in [5.41, 5.74) is 1.63. The molecule has 3 heteroatoms. The highest BCUT2D eigenvalue weighted by molar-refractivity contribution is 7.07. The zero-order valence-electron chi connectivity index (χ0n) is 12.3. The van der Waals surface area contributed by atoms with Crippen LogP contribution in [0.25, 0.3) is 0 Å². The molecular weight excluding hydrogens is 279 g/mol. The Hall–Kier alpha value is -1.89. The molecule has 0 heterocycles. The highest BCUT2D eigenvalue weighted by atomic mass is 28.3. The second-order valence-electron chi connectivity index (χ2n) is 5.51. The SMILES string of the molecule is CC(O)(C#C[Si](C)(c1ccccc1)c1ccccc1)CF. The van der Waals surface area contributed by atoms with Crippen LogP contribution in [0.3, 0.4) is 0 Å². The summed E-state index contributed by atoms with van der Waals surface area (Å²) in [4.78, 5) is 0. The van der Waals surface area contributed by atoms with Crippen molar-refractivity contribution in [2.24, 2.45) is 0 Å². The van der Waals surface area contributed by atoms with Gasteiger partial charge in [-0.2, -0.15) is 0 Å². The first kappa shape index (κ1) is 15.5. The van der Waals surface area contributed by atoms with Gasteiger partial charge in [0.25, 0.3) is 0 Å². The third-order valence-corrected chi connectivity index (χ3v) is 7.15. The molecule has 1 N–H and O–H groups in total. The molecular formula is C18H19FOSi. The van der Waals surface area contributed by atoms with Crippen LogP contribution in [0.5, 0.6) is 0 Å². The largest absolute Gasteiger partial charge is 0.375 e. The van der Waals surface area contributed by atoms with Crippen LogP contribution in [0, 0.1) is 11.5 Å². The lowest BCUT2D eigenvalue weighted by Gasteiger charge is -2.23. The summed E-state index contributed by atoms with van der Waals surface area (Å²) < 4.78 is 12.8. The summed E-state index contributed by atoms with van der Waals surface area (Å²) in [6, 6.07) is 20.1. The molecule has 0 fully saturated rings. The first-order chi connectivity index (χ1) is 9.98. The minimum absolute atomic E-state index is 0.867. The molecule has 0 aromatic heterocycles. The van der Waals surface area contributed by atoms with Gasteiger partial charge in [0.1, 0.15) is 12.3 Å². The number of rotatable bonds is 3. The van der Waals surface area contributed by atoms with Gasteiger partial charge in [-0.25, -0.2) is 4.39 Å². The quantitative estimate of drug-likeness (QED) is 0.680. The summed E-state index contributed by atoms with van der Waals surface area (Å²) in [6.07, 6.45) is 0. The fraction of sp³-hybridized carbons (Fsp3) is 0.222. The number of halogens is 1. The number of aliphatic hydroxyl groups is 1. The van der Waals surface area contributed by atoms with Crippen LogP contribution in [-0.2, 0) is 0 Å². The Morgan fingerprint density at radius 1 is 1.00 bits per heavy atom. The summed E-state index contributed by atoms with van der Waals surface area (Å²) in [5, 5.41) is 12.2. The predicted molar refractivity (Wildman–Crippen MR) is 88.1 cm³/mol. The number of benzene rings is 2. The highest BCUT2D eigenvalue weighted by Gasteiger charge is 2.31. The van der Waals surface area contributed by atoms with Gasteiger partial charge in [-0.15, -0.1) is 5.54 Å². The van der Waals surface area contributed by atoms with E-state index in [0.29, 0.717) is 0 Å². The Morgan fingerprint density at radius 3 is 1.81 bits per heavy atom. The standard InChI is InChI=1S/C18H19FOSi/c1-18(20,15-19)13-14-21(2,16-9-5-3-6-10-16)17-11-7-4-8-12-17/h3-12,20H,15H2,1-2H3. The molecule has 2 aromatic carbocycles. The molecule has 0 saturated heterocycles. The Balaban J connectivity index is 2.56. The summed E-state index contributed by atoms with van der Waals surface area (Å²) in [6.45, 7) is 2.66. The Labute approximate surface area is 126 Å². The van der Waals surface area contributed by atoms with Crippen LogP contribution < -0.4 is 10.4 Å². The van der Waals surface area contributed by atoms with E-state index in [4.69, 9.17) is 0 Å². The zero-order chi connectivity index (χ0) is 15.3. The van der Waals surface area contributed by atoms with Gasteiger partial charge in [0.2, 0.25) is 0 Å². The van der Waals surface area contributed by atoms with E-state index in [1.54, 1.807) is 0 Å². The van der Waals surface area contributed by atoms with Crippen LogP contribution >= 0.6 is 0 Å². The fourth-order valence-electron chi connectivity index (χ4n) is 2.15. The van der Waals surface area contributed by atoms with E-state index in [0.717, 1.165) is 10.4 Å². The molecule has 1 nitrogen and oxygen atoms in total. The van der Waals surface area contributed by atoms with E-state index >= 15 is 0 Å². The van der Waals surface area contributed by atoms with E-state index in [-0.39, 0.29) is 0 Å². The topological polar surface area (TPSA) is 20.2 Å². The molecule has 0 radical (unpaired) electrons. The molecule has 0 aliphatic carbocycles. The van der Waals surface area contributed by atoms with Crippen LogP contribution in [0.15, 0.2) is 60.7 Å². The van der Waals surface area contributed by atoms with E-state index in [9.17, 15) is 9.50 Å². The van der Waals surface area contributed by atoms with Gasteiger partial charge in [0.05, 0.1) is 0 Å². The molecule has 0 aliphatic heterocycles. The van der Waals surface area contributed by atoms with Gasteiger partial charge >= 0.3 is 0 Å². The fourth-order valence-corrected chi connectivity index (χ4v) is 5.01. The molecule has 1 atom stereocenters. The van der Waals surface area contributed by atoms with Crippen molar-refractivity contribution in [2.75, 3.05) is 6.67 Å². The Bertz CT molecular complexity index is 602. The zero-order valence-corrected chi connectivity index (χ0v) is 13.3. The molecule has 2 rings (SSSR count). The van der Waals surface area contributed by atoms with Crippen molar-refractivity contribution >= 4 is 18.4 Å².